The Kier molecular flexibility index (Phi) is 5.59. The van der Waals surface area contributed by atoms with E-state index in [0.717, 1.165) is 15.5 Å². The average molecular weight is 319 g/mol. The Labute approximate surface area is 133 Å². The molecule has 0 spiro atoms. The Morgan fingerprint density at radius 2 is 1.76 bits per heavy atom. The number of anilines is 1. The zero-order valence-electron chi connectivity index (χ0n) is 12.2. The summed E-state index contributed by atoms with van der Waals surface area (Å²) in [7, 11) is 1.57. The van der Waals surface area contributed by atoms with Gasteiger partial charge in [0.15, 0.2) is 0 Å². The van der Waals surface area contributed by atoms with Gasteiger partial charge in [-0.1, -0.05) is 6.07 Å². The number of amides is 1. The molecule has 0 fully saturated rings. The van der Waals surface area contributed by atoms with Crippen LogP contribution in [0.1, 0.15) is 10.4 Å². The minimum absolute atomic E-state index is 0.169. The molecule has 110 valence electrons. The van der Waals surface area contributed by atoms with E-state index in [-0.39, 0.29) is 5.91 Å². The lowest BCUT2D eigenvalue weighted by molar-refractivity contribution is 0.102. The number of thioether (sulfide) groups is 2. The van der Waals surface area contributed by atoms with Crippen molar-refractivity contribution < 1.29 is 9.53 Å². The molecule has 0 atom stereocenters. The molecule has 2 aromatic carbocycles. The molecule has 2 aromatic rings. The number of carbonyl (C=O) groups is 1. The summed E-state index contributed by atoms with van der Waals surface area (Å²) in [6.07, 6.45) is 3.99. The van der Waals surface area contributed by atoms with Gasteiger partial charge in [-0.05, 0) is 48.9 Å². The van der Waals surface area contributed by atoms with Crippen LogP contribution in [0.5, 0.6) is 5.75 Å². The van der Waals surface area contributed by atoms with Crippen LogP contribution in [0.2, 0.25) is 0 Å². The number of rotatable bonds is 5. The molecule has 0 unspecified atom stereocenters. The summed E-state index contributed by atoms with van der Waals surface area (Å²) in [6, 6.07) is 13.3. The van der Waals surface area contributed by atoms with Crippen LogP contribution in [0, 0.1) is 0 Å². The molecule has 0 radical (unpaired) electrons. The standard InChI is InChI=1S/C16H17NO2S2/c1-19-15-10-13(21-3)7-8-14(15)16(18)17-11-5-4-6-12(9-11)20-2/h4-10H,1-3H3,(H,17,18). The van der Waals surface area contributed by atoms with Crippen molar-refractivity contribution in [3.05, 3.63) is 48.0 Å². The molecule has 0 aliphatic rings. The monoisotopic (exact) mass is 319 g/mol. The van der Waals surface area contributed by atoms with Crippen molar-refractivity contribution in [1.29, 1.82) is 0 Å². The van der Waals surface area contributed by atoms with E-state index >= 15 is 0 Å². The van der Waals surface area contributed by atoms with Crippen molar-refractivity contribution in [1.82, 2.24) is 0 Å². The van der Waals surface area contributed by atoms with Gasteiger partial charge in [0.25, 0.3) is 5.91 Å². The Bertz CT molecular complexity index is 644. The first-order valence-electron chi connectivity index (χ1n) is 6.35. The third kappa shape index (κ3) is 3.95. The van der Waals surface area contributed by atoms with Crippen LogP contribution >= 0.6 is 23.5 Å². The maximum Gasteiger partial charge on any atom is 0.259 e. The highest BCUT2D eigenvalue weighted by Gasteiger charge is 2.13. The minimum Gasteiger partial charge on any atom is -0.496 e. The van der Waals surface area contributed by atoms with Crippen LogP contribution in [0.4, 0.5) is 5.69 Å². The van der Waals surface area contributed by atoms with E-state index < -0.39 is 0 Å². The normalized spacial score (nSPS) is 10.2. The largest absolute Gasteiger partial charge is 0.496 e. The van der Waals surface area contributed by atoms with Crippen LogP contribution in [0.15, 0.2) is 52.3 Å². The zero-order chi connectivity index (χ0) is 15.2. The number of nitrogens with one attached hydrogen (secondary N) is 1. The fourth-order valence-corrected chi connectivity index (χ4v) is 2.77. The van der Waals surface area contributed by atoms with E-state index in [1.165, 1.54) is 0 Å². The Morgan fingerprint density at radius 1 is 1.05 bits per heavy atom. The van der Waals surface area contributed by atoms with Gasteiger partial charge in [-0.25, -0.2) is 0 Å². The van der Waals surface area contributed by atoms with E-state index in [0.29, 0.717) is 11.3 Å². The highest BCUT2D eigenvalue weighted by atomic mass is 32.2. The molecule has 0 aliphatic heterocycles. The van der Waals surface area contributed by atoms with Gasteiger partial charge >= 0.3 is 0 Å². The number of hydrogen-bond acceptors (Lipinski definition) is 4. The van der Waals surface area contributed by atoms with Crippen molar-refractivity contribution >= 4 is 35.1 Å². The number of benzene rings is 2. The molecule has 0 saturated carbocycles. The first kappa shape index (κ1) is 15.8. The van der Waals surface area contributed by atoms with Gasteiger partial charge in [-0.15, -0.1) is 23.5 Å². The number of hydrogen-bond donors (Lipinski definition) is 1. The Balaban J connectivity index is 2.23. The molecule has 2 rings (SSSR count). The van der Waals surface area contributed by atoms with Gasteiger partial charge < -0.3 is 10.1 Å². The lowest BCUT2D eigenvalue weighted by atomic mass is 10.2. The Hall–Kier alpha value is -1.59. The van der Waals surface area contributed by atoms with Gasteiger partial charge in [0.1, 0.15) is 5.75 Å². The van der Waals surface area contributed by atoms with E-state index in [1.807, 2.05) is 48.9 Å². The summed E-state index contributed by atoms with van der Waals surface area (Å²) in [4.78, 5) is 14.6. The summed E-state index contributed by atoms with van der Waals surface area (Å²) in [6.45, 7) is 0. The molecule has 21 heavy (non-hydrogen) atoms. The first-order valence-corrected chi connectivity index (χ1v) is 8.80. The van der Waals surface area contributed by atoms with Crippen LogP contribution in [0.25, 0.3) is 0 Å². The highest BCUT2D eigenvalue weighted by molar-refractivity contribution is 7.98. The molecular weight excluding hydrogens is 302 g/mol. The summed E-state index contributed by atoms with van der Waals surface area (Å²) >= 11 is 3.25. The van der Waals surface area contributed by atoms with E-state index in [2.05, 4.69) is 5.32 Å². The quantitative estimate of drug-likeness (QED) is 0.830. The summed E-state index contributed by atoms with van der Waals surface area (Å²) in [5, 5.41) is 2.91. The summed E-state index contributed by atoms with van der Waals surface area (Å²) in [5.74, 6) is 0.415. The lowest BCUT2D eigenvalue weighted by Gasteiger charge is -2.11. The zero-order valence-corrected chi connectivity index (χ0v) is 13.8. The summed E-state index contributed by atoms with van der Waals surface area (Å²) < 4.78 is 5.31. The van der Waals surface area contributed by atoms with Gasteiger partial charge in [0, 0.05) is 15.5 Å². The fourth-order valence-electron chi connectivity index (χ4n) is 1.89. The van der Waals surface area contributed by atoms with Crippen LogP contribution in [-0.2, 0) is 0 Å². The first-order chi connectivity index (χ1) is 10.2. The smallest absolute Gasteiger partial charge is 0.259 e. The molecule has 0 aliphatic carbocycles. The molecule has 0 saturated heterocycles. The van der Waals surface area contributed by atoms with Gasteiger partial charge in [-0.2, -0.15) is 0 Å². The second-order valence-corrected chi connectivity index (χ2v) is 6.01. The predicted molar refractivity (Wildman–Crippen MR) is 91.0 cm³/mol. The van der Waals surface area contributed by atoms with Crippen LogP contribution in [-0.4, -0.2) is 25.5 Å². The number of methoxy groups -OCH3 is 1. The Morgan fingerprint density at radius 3 is 2.43 bits per heavy atom. The van der Waals surface area contributed by atoms with Crippen LogP contribution < -0.4 is 10.1 Å². The van der Waals surface area contributed by atoms with Crippen LogP contribution in [0.3, 0.4) is 0 Å². The van der Waals surface area contributed by atoms with Gasteiger partial charge in [0.05, 0.1) is 12.7 Å². The third-order valence-electron chi connectivity index (χ3n) is 2.98. The lowest BCUT2D eigenvalue weighted by Crippen LogP contribution is -2.13. The molecule has 1 amide bonds. The van der Waals surface area contributed by atoms with Crippen molar-refractivity contribution in [2.45, 2.75) is 9.79 Å². The highest BCUT2D eigenvalue weighted by Crippen LogP contribution is 2.26. The molecular formula is C16H17NO2S2. The SMILES string of the molecule is COc1cc(SC)ccc1C(=O)Nc1cccc(SC)c1. The van der Waals surface area contributed by atoms with Crippen molar-refractivity contribution in [3.63, 3.8) is 0 Å². The van der Waals surface area contributed by atoms with Crippen molar-refractivity contribution in [2.75, 3.05) is 24.9 Å². The maximum absolute atomic E-state index is 12.4. The third-order valence-corrected chi connectivity index (χ3v) is 4.43. The predicted octanol–water partition coefficient (Wildman–Crippen LogP) is 4.39. The summed E-state index contributed by atoms with van der Waals surface area (Å²) in [5.41, 5.74) is 1.31. The second kappa shape index (κ2) is 7.43. The van der Waals surface area contributed by atoms with Gasteiger partial charge in [-0.3, -0.25) is 4.79 Å². The maximum atomic E-state index is 12.4. The van der Waals surface area contributed by atoms with Gasteiger partial charge in [0.2, 0.25) is 0 Å². The van der Waals surface area contributed by atoms with Crippen molar-refractivity contribution in [2.24, 2.45) is 0 Å². The molecule has 0 heterocycles. The van der Waals surface area contributed by atoms with E-state index in [1.54, 1.807) is 36.7 Å². The minimum atomic E-state index is -0.169. The van der Waals surface area contributed by atoms with E-state index in [9.17, 15) is 4.79 Å². The molecule has 3 nitrogen and oxygen atoms in total. The second-order valence-electron chi connectivity index (χ2n) is 4.25. The molecule has 0 bridgehead atoms. The van der Waals surface area contributed by atoms with E-state index in [4.69, 9.17) is 4.74 Å². The molecule has 0 aromatic heterocycles. The van der Waals surface area contributed by atoms with Crippen molar-refractivity contribution in [3.8, 4) is 5.75 Å². The fraction of sp³-hybridized carbons (Fsp3) is 0.188. The molecule has 1 N–H and O–H groups in total. The molecule has 5 heteroatoms. The topological polar surface area (TPSA) is 38.3 Å². The average Bonchev–Trinajstić information content (AvgIpc) is 2.54. The number of ether oxygens (including phenoxy) is 1. The number of carbonyl (C=O) groups excluding carboxylic acids is 1.